The van der Waals surface area contributed by atoms with Crippen LogP contribution in [0.4, 0.5) is 26.3 Å². The summed E-state index contributed by atoms with van der Waals surface area (Å²) in [7, 11) is -3.09. The Morgan fingerprint density at radius 1 is 0.680 bits per heavy atom. The molecule has 0 amide bonds. The fourth-order valence-electron chi connectivity index (χ4n) is 0.854. The van der Waals surface area contributed by atoms with Crippen LogP contribution in [0.25, 0.3) is 0 Å². The van der Waals surface area contributed by atoms with Crippen molar-refractivity contribution in [3.05, 3.63) is 0 Å². The molecule has 0 rings (SSSR count). The maximum atomic E-state index is 12.7. The fourth-order valence-corrected chi connectivity index (χ4v) is 1.75. The predicted molar refractivity (Wildman–Crippen MR) is 78.3 cm³/mol. The second-order valence-corrected chi connectivity index (χ2v) is 5.99. The van der Waals surface area contributed by atoms with Crippen molar-refractivity contribution in [1.29, 1.82) is 0 Å². The van der Waals surface area contributed by atoms with Gasteiger partial charge in [-0.3, -0.25) is 8.85 Å². The molecular formula is C11H15ClF6N4O2Si. The second kappa shape index (κ2) is 10.4. The van der Waals surface area contributed by atoms with Crippen molar-refractivity contribution in [3.8, 4) is 0 Å². The molecule has 0 heterocycles. The molecule has 0 fully saturated rings. The van der Waals surface area contributed by atoms with Gasteiger partial charge in [0.25, 0.3) is 0 Å². The molecule has 0 spiro atoms. The molecule has 144 valence electrons. The van der Waals surface area contributed by atoms with Gasteiger partial charge in [-0.15, -0.1) is 10.2 Å². The van der Waals surface area contributed by atoms with Crippen LogP contribution in [-0.2, 0) is 8.85 Å². The minimum absolute atomic E-state index is 0. The Kier molecular flexibility index (Phi) is 10.6. The molecule has 25 heavy (non-hydrogen) atoms. The van der Waals surface area contributed by atoms with Crippen molar-refractivity contribution in [1.82, 2.24) is 0 Å². The maximum absolute atomic E-state index is 12.7. The molecule has 14 heteroatoms. The number of rotatable bonds is 4. The SMILES string of the molecule is CC(C)=N/N=C(/O[Si+](C)O/C(=N/N=C(C)C)C(F)(F)F)C(F)(F)F.[Cl-]. The highest BCUT2D eigenvalue weighted by atomic mass is 35.5. The first kappa shape index (κ1) is 25.6. The number of hydrogen-bond acceptors (Lipinski definition) is 6. The van der Waals surface area contributed by atoms with Crippen LogP contribution in [0.5, 0.6) is 0 Å². The highest BCUT2D eigenvalue weighted by Gasteiger charge is 2.51. The number of nitrogens with zero attached hydrogens (tertiary/aromatic N) is 4. The van der Waals surface area contributed by atoms with Crippen LogP contribution < -0.4 is 12.4 Å². The molecule has 0 aliphatic carbocycles. The van der Waals surface area contributed by atoms with Crippen LogP contribution in [0.1, 0.15) is 27.7 Å². The summed E-state index contributed by atoms with van der Waals surface area (Å²) >= 11 is 0. The van der Waals surface area contributed by atoms with E-state index in [1.165, 1.54) is 27.7 Å². The molecule has 0 N–H and O–H groups in total. The smallest absolute Gasteiger partial charge is 0.779 e. The summed E-state index contributed by atoms with van der Waals surface area (Å²) in [5, 5.41) is 12.0. The number of halogens is 7. The zero-order chi connectivity index (χ0) is 19.1. The predicted octanol–water partition coefficient (Wildman–Crippen LogP) is 0.855. The molecule has 0 aromatic heterocycles. The largest absolute Gasteiger partial charge is 1.00 e. The quantitative estimate of drug-likeness (QED) is 0.226. The maximum Gasteiger partial charge on any atom is 0.779 e. The zero-order valence-electron chi connectivity index (χ0n) is 13.8. The van der Waals surface area contributed by atoms with Crippen molar-refractivity contribution in [2.24, 2.45) is 20.4 Å². The minimum atomic E-state index is -5.04. The van der Waals surface area contributed by atoms with Gasteiger partial charge < -0.3 is 12.4 Å². The molecule has 0 bridgehead atoms. The van der Waals surface area contributed by atoms with E-state index in [-0.39, 0.29) is 23.8 Å². The van der Waals surface area contributed by atoms with Gasteiger partial charge in [0.1, 0.15) is 6.55 Å². The second-order valence-electron chi connectivity index (χ2n) is 4.60. The van der Waals surface area contributed by atoms with E-state index in [1.807, 2.05) is 0 Å². The van der Waals surface area contributed by atoms with E-state index >= 15 is 0 Å². The summed E-state index contributed by atoms with van der Waals surface area (Å²) < 4.78 is 85.0. The summed E-state index contributed by atoms with van der Waals surface area (Å²) in [5.41, 5.74) is 0.382. The summed E-state index contributed by atoms with van der Waals surface area (Å²) in [6.45, 7) is 6.44. The third kappa shape index (κ3) is 11.5. The Morgan fingerprint density at radius 3 is 1.16 bits per heavy atom. The highest BCUT2D eigenvalue weighted by molar-refractivity contribution is 6.48. The van der Waals surface area contributed by atoms with E-state index in [9.17, 15) is 26.3 Å². The van der Waals surface area contributed by atoms with E-state index in [0.717, 1.165) is 6.55 Å². The molecule has 0 saturated carbocycles. The molecule has 0 aromatic carbocycles. The van der Waals surface area contributed by atoms with Crippen molar-refractivity contribution in [2.45, 2.75) is 46.6 Å². The van der Waals surface area contributed by atoms with E-state index in [1.54, 1.807) is 0 Å². The standard InChI is InChI=1S/C11H15F6N4O2Si.ClH/c1-6(2)18-20-8(10(12,13)14)22-24(5)23-9(11(15,16)17)21-19-7(3)4;/h1-5H3;1H/q+1;/p-1/b20-8+,21-9+;. The van der Waals surface area contributed by atoms with Crippen LogP contribution in [0, 0.1) is 0 Å². The van der Waals surface area contributed by atoms with Crippen LogP contribution in [0.2, 0.25) is 6.55 Å². The van der Waals surface area contributed by atoms with E-state index in [4.69, 9.17) is 0 Å². The van der Waals surface area contributed by atoms with Gasteiger partial charge in [0, 0.05) is 11.4 Å². The first-order chi connectivity index (χ1) is 10.7. The Morgan fingerprint density at radius 2 is 0.960 bits per heavy atom. The topological polar surface area (TPSA) is 67.9 Å². The van der Waals surface area contributed by atoms with Crippen LogP contribution in [-0.4, -0.2) is 44.9 Å². The van der Waals surface area contributed by atoms with Gasteiger partial charge in [-0.25, -0.2) is 0 Å². The first-order valence-corrected chi connectivity index (χ1v) is 8.06. The number of alkyl halides is 6. The lowest BCUT2D eigenvalue weighted by Crippen LogP contribution is -3.00. The van der Waals surface area contributed by atoms with Crippen molar-refractivity contribution in [2.75, 3.05) is 0 Å². The van der Waals surface area contributed by atoms with E-state index in [2.05, 4.69) is 29.3 Å². The van der Waals surface area contributed by atoms with Gasteiger partial charge in [0.05, 0.1) is 0 Å². The van der Waals surface area contributed by atoms with Crippen molar-refractivity contribution >= 4 is 32.5 Å². The number of hydrogen-bond donors (Lipinski definition) is 0. The molecule has 6 nitrogen and oxygen atoms in total. The van der Waals surface area contributed by atoms with Gasteiger partial charge in [-0.1, -0.05) is 0 Å². The summed E-state index contributed by atoms with van der Waals surface area (Å²) in [5.74, 6) is -3.62. The van der Waals surface area contributed by atoms with E-state index in [0.29, 0.717) is 0 Å². The lowest BCUT2D eigenvalue weighted by molar-refractivity contribution is -0.0757. The zero-order valence-corrected chi connectivity index (χ0v) is 15.5. The lowest BCUT2D eigenvalue weighted by Gasteiger charge is -2.08. The fraction of sp³-hybridized carbons (Fsp3) is 0.636. The molecule has 0 aliphatic rings. The van der Waals surface area contributed by atoms with Gasteiger partial charge in [-0.2, -0.15) is 36.5 Å². The van der Waals surface area contributed by atoms with Crippen LogP contribution in [0.3, 0.4) is 0 Å². The van der Waals surface area contributed by atoms with Crippen molar-refractivity contribution < 1.29 is 47.6 Å². The Labute approximate surface area is 148 Å². The third-order valence-electron chi connectivity index (χ3n) is 1.65. The Balaban J connectivity index is 0. The monoisotopic (exact) mass is 412 g/mol. The molecule has 0 aromatic rings. The van der Waals surface area contributed by atoms with Crippen LogP contribution in [0.15, 0.2) is 20.4 Å². The van der Waals surface area contributed by atoms with E-state index < -0.39 is 33.4 Å². The molecule has 0 saturated heterocycles. The average Bonchev–Trinajstić information content (AvgIpc) is 2.36. The van der Waals surface area contributed by atoms with Crippen LogP contribution >= 0.6 is 0 Å². The molecule has 0 aliphatic heterocycles. The van der Waals surface area contributed by atoms with Gasteiger partial charge >= 0.3 is 33.4 Å². The lowest BCUT2D eigenvalue weighted by atomic mass is 10.5. The molecule has 0 atom stereocenters. The average molecular weight is 413 g/mol. The molecule has 0 unspecified atom stereocenters. The summed E-state index contributed by atoms with van der Waals surface area (Å²) in [4.78, 5) is 0. The molecular weight excluding hydrogens is 398 g/mol. The first-order valence-electron chi connectivity index (χ1n) is 6.24. The van der Waals surface area contributed by atoms with Crippen molar-refractivity contribution in [3.63, 3.8) is 0 Å². The normalized spacial score (nSPS) is 12.8. The third-order valence-corrected chi connectivity index (χ3v) is 2.61. The Hall–Kier alpha value is -1.63. The summed E-state index contributed by atoms with van der Waals surface area (Å²) in [6.07, 6.45) is -10.1. The van der Waals surface area contributed by atoms with Gasteiger partial charge in [0.15, 0.2) is 0 Å². The highest BCUT2D eigenvalue weighted by Crippen LogP contribution is 2.22. The summed E-state index contributed by atoms with van der Waals surface area (Å²) in [6, 6.07) is 0. The Bertz CT molecular complexity index is 504. The minimum Gasteiger partial charge on any atom is -1.00 e. The molecule has 0 radical (unpaired) electrons. The van der Waals surface area contributed by atoms with Gasteiger partial charge in [-0.05, 0) is 27.7 Å². The van der Waals surface area contributed by atoms with Gasteiger partial charge in [0.2, 0.25) is 0 Å².